The Hall–Kier alpha value is -3.03. The van der Waals surface area contributed by atoms with Crippen molar-refractivity contribution in [1.29, 1.82) is 0 Å². The van der Waals surface area contributed by atoms with Crippen LogP contribution in [0.15, 0.2) is 77.3 Å². The molecule has 1 atom stereocenters. The molecule has 2 amide bonds. The number of hydrogen-bond donors (Lipinski definition) is 1. The van der Waals surface area contributed by atoms with E-state index in [9.17, 15) is 9.59 Å². The fraction of sp³-hybridized carbons (Fsp3) is 0.231. The lowest BCUT2D eigenvalue weighted by atomic mass is 10.0. The number of likely N-dealkylation sites (N-methyl/N-ethyl adjacent to an activating group) is 1. The molecule has 0 radical (unpaired) electrons. The Morgan fingerprint density at radius 3 is 2.44 bits per heavy atom. The topological polar surface area (TPSA) is 67.9 Å². The van der Waals surface area contributed by atoms with Gasteiger partial charge in [0.2, 0.25) is 5.91 Å². The number of rotatable bonds is 10. The number of ether oxygens (including phenoxy) is 2. The highest BCUT2D eigenvalue weighted by Gasteiger charge is 2.30. The molecule has 178 valence electrons. The van der Waals surface area contributed by atoms with E-state index in [1.165, 1.54) is 4.90 Å². The molecule has 1 N–H and O–H groups in total. The maximum atomic E-state index is 13.4. The first-order valence-corrected chi connectivity index (χ1v) is 11.8. The van der Waals surface area contributed by atoms with Gasteiger partial charge in [-0.25, -0.2) is 0 Å². The number of nitrogens with zero attached hydrogens (tertiary/aromatic N) is 1. The standard InChI is InChI=1S/C26H26BrClN2O4/c1-29-26(32)23(14-18-7-4-3-5-8-18)30(16-19-9-6-10-21(13-19)33-2)25(31)17-34-24-12-11-20(27)15-22(24)28/h3-13,15,23H,14,16-17H2,1-2H3,(H,29,32)/t23-/m1/s1. The zero-order valence-corrected chi connectivity index (χ0v) is 21.3. The predicted molar refractivity (Wildman–Crippen MR) is 136 cm³/mol. The van der Waals surface area contributed by atoms with Crippen molar-refractivity contribution < 1.29 is 19.1 Å². The van der Waals surface area contributed by atoms with Gasteiger partial charge in [-0.15, -0.1) is 0 Å². The lowest BCUT2D eigenvalue weighted by Gasteiger charge is -2.31. The molecule has 0 spiro atoms. The van der Waals surface area contributed by atoms with Gasteiger partial charge in [-0.05, 0) is 41.5 Å². The van der Waals surface area contributed by atoms with Crippen molar-refractivity contribution in [3.8, 4) is 11.5 Å². The van der Waals surface area contributed by atoms with Crippen molar-refractivity contribution in [2.24, 2.45) is 0 Å². The minimum absolute atomic E-state index is 0.207. The van der Waals surface area contributed by atoms with E-state index in [0.29, 0.717) is 22.9 Å². The molecule has 34 heavy (non-hydrogen) atoms. The van der Waals surface area contributed by atoms with E-state index in [2.05, 4.69) is 21.2 Å². The van der Waals surface area contributed by atoms with Gasteiger partial charge in [0.25, 0.3) is 5.91 Å². The van der Waals surface area contributed by atoms with Crippen LogP contribution in [0.3, 0.4) is 0 Å². The molecule has 0 fully saturated rings. The van der Waals surface area contributed by atoms with Crippen LogP contribution < -0.4 is 14.8 Å². The van der Waals surface area contributed by atoms with Gasteiger partial charge in [-0.3, -0.25) is 9.59 Å². The summed E-state index contributed by atoms with van der Waals surface area (Å²) in [6, 6.07) is 21.4. The third kappa shape index (κ3) is 6.98. The van der Waals surface area contributed by atoms with E-state index in [1.807, 2.05) is 54.6 Å². The summed E-state index contributed by atoms with van der Waals surface area (Å²) in [4.78, 5) is 27.9. The van der Waals surface area contributed by atoms with Gasteiger partial charge in [-0.2, -0.15) is 0 Å². The summed E-state index contributed by atoms with van der Waals surface area (Å²) in [6.07, 6.45) is 0.356. The number of amides is 2. The second kappa shape index (κ2) is 12.4. The van der Waals surface area contributed by atoms with E-state index in [-0.39, 0.29) is 25.0 Å². The highest BCUT2D eigenvalue weighted by Crippen LogP contribution is 2.28. The average Bonchev–Trinajstić information content (AvgIpc) is 2.85. The van der Waals surface area contributed by atoms with Gasteiger partial charge in [0.1, 0.15) is 17.5 Å². The maximum absolute atomic E-state index is 13.4. The third-order valence-electron chi connectivity index (χ3n) is 5.25. The lowest BCUT2D eigenvalue weighted by Crippen LogP contribution is -2.51. The Kier molecular flexibility index (Phi) is 9.36. The Bertz CT molecular complexity index is 1130. The molecule has 0 heterocycles. The van der Waals surface area contributed by atoms with Gasteiger partial charge in [0, 0.05) is 24.5 Å². The van der Waals surface area contributed by atoms with Crippen molar-refractivity contribution in [2.75, 3.05) is 20.8 Å². The minimum atomic E-state index is -0.741. The average molecular weight is 546 g/mol. The first kappa shape index (κ1) is 25.6. The van der Waals surface area contributed by atoms with Crippen molar-refractivity contribution in [1.82, 2.24) is 10.2 Å². The van der Waals surface area contributed by atoms with Crippen LogP contribution in [0.25, 0.3) is 0 Å². The molecule has 0 saturated carbocycles. The highest BCUT2D eigenvalue weighted by molar-refractivity contribution is 9.10. The van der Waals surface area contributed by atoms with Crippen LogP contribution in [0, 0.1) is 0 Å². The van der Waals surface area contributed by atoms with Crippen molar-refractivity contribution >= 4 is 39.3 Å². The summed E-state index contributed by atoms with van der Waals surface area (Å²) in [5, 5.41) is 3.08. The van der Waals surface area contributed by atoms with Crippen LogP contribution in [-0.2, 0) is 22.6 Å². The Labute approximate surface area is 212 Å². The number of hydrogen-bond acceptors (Lipinski definition) is 4. The van der Waals surface area contributed by atoms with Gasteiger partial charge in [-0.1, -0.05) is 70.0 Å². The summed E-state index contributed by atoms with van der Waals surface area (Å²) in [7, 11) is 3.15. The summed E-state index contributed by atoms with van der Waals surface area (Å²) >= 11 is 9.59. The smallest absolute Gasteiger partial charge is 0.261 e. The monoisotopic (exact) mass is 544 g/mol. The molecule has 8 heteroatoms. The van der Waals surface area contributed by atoms with Crippen molar-refractivity contribution in [3.63, 3.8) is 0 Å². The Balaban J connectivity index is 1.89. The normalized spacial score (nSPS) is 11.4. The van der Waals surface area contributed by atoms with Crippen LogP contribution >= 0.6 is 27.5 Å². The fourth-order valence-corrected chi connectivity index (χ4v) is 4.23. The third-order valence-corrected chi connectivity index (χ3v) is 6.04. The molecule has 6 nitrogen and oxygen atoms in total. The summed E-state index contributed by atoms with van der Waals surface area (Å²) in [6.45, 7) is -0.0635. The van der Waals surface area contributed by atoms with Gasteiger partial charge >= 0.3 is 0 Å². The predicted octanol–water partition coefficient (Wildman–Crippen LogP) is 4.88. The largest absolute Gasteiger partial charge is 0.497 e. The Morgan fingerprint density at radius 2 is 1.76 bits per heavy atom. The number of halogens is 2. The minimum Gasteiger partial charge on any atom is -0.497 e. The molecule has 0 saturated heterocycles. The molecule has 0 aromatic heterocycles. The molecule has 3 aromatic carbocycles. The molecular weight excluding hydrogens is 520 g/mol. The van der Waals surface area contributed by atoms with E-state index in [1.54, 1.807) is 32.4 Å². The number of benzene rings is 3. The lowest BCUT2D eigenvalue weighted by molar-refractivity contribution is -0.142. The first-order valence-electron chi connectivity index (χ1n) is 10.7. The van der Waals surface area contributed by atoms with E-state index >= 15 is 0 Å². The molecule has 0 unspecified atom stereocenters. The molecule has 3 rings (SSSR count). The van der Waals surface area contributed by atoms with Gasteiger partial charge in [0.15, 0.2) is 6.61 Å². The number of carbonyl (C=O) groups is 2. The fourth-order valence-electron chi connectivity index (χ4n) is 3.50. The van der Waals surface area contributed by atoms with Crippen molar-refractivity contribution in [3.05, 3.63) is 93.4 Å². The van der Waals surface area contributed by atoms with Gasteiger partial charge in [0.05, 0.1) is 12.1 Å². The number of methoxy groups -OCH3 is 1. The molecular formula is C26H26BrClN2O4. The molecule has 0 aliphatic carbocycles. The zero-order chi connectivity index (χ0) is 24.5. The van der Waals surface area contributed by atoms with Crippen LogP contribution in [0.1, 0.15) is 11.1 Å². The quantitative estimate of drug-likeness (QED) is 0.394. The summed E-state index contributed by atoms with van der Waals surface area (Å²) in [5.41, 5.74) is 1.77. The summed E-state index contributed by atoms with van der Waals surface area (Å²) < 4.78 is 11.9. The second-order valence-corrected chi connectivity index (χ2v) is 8.88. The van der Waals surface area contributed by atoms with E-state index in [4.69, 9.17) is 21.1 Å². The number of carbonyl (C=O) groups excluding carboxylic acids is 2. The summed E-state index contributed by atoms with van der Waals surface area (Å²) in [5.74, 6) is 0.453. The van der Waals surface area contributed by atoms with Crippen LogP contribution in [0.5, 0.6) is 11.5 Å². The Morgan fingerprint density at radius 1 is 1.03 bits per heavy atom. The zero-order valence-electron chi connectivity index (χ0n) is 19.0. The SMILES string of the molecule is CNC(=O)[C@@H](Cc1ccccc1)N(Cc1cccc(OC)c1)C(=O)COc1ccc(Br)cc1Cl. The molecule has 0 aliphatic rings. The second-order valence-electron chi connectivity index (χ2n) is 7.56. The van der Waals surface area contributed by atoms with Gasteiger partial charge < -0.3 is 19.7 Å². The highest BCUT2D eigenvalue weighted by atomic mass is 79.9. The number of nitrogens with one attached hydrogen (secondary N) is 1. The van der Waals surface area contributed by atoms with E-state index in [0.717, 1.165) is 15.6 Å². The van der Waals surface area contributed by atoms with Crippen LogP contribution in [0.2, 0.25) is 5.02 Å². The molecule has 0 bridgehead atoms. The van der Waals surface area contributed by atoms with E-state index < -0.39 is 6.04 Å². The van der Waals surface area contributed by atoms with Crippen LogP contribution in [-0.4, -0.2) is 43.5 Å². The maximum Gasteiger partial charge on any atom is 0.261 e. The van der Waals surface area contributed by atoms with Crippen LogP contribution in [0.4, 0.5) is 0 Å². The molecule has 3 aromatic rings. The molecule has 0 aliphatic heterocycles. The van der Waals surface area contributed by atoms with Crippen molar-refractivity contribution in [2.45, 2.75) is 19.0 Å². The first-order chi connectivity index (χ1) is 16.4.